The lowest BCUT2D eigenvalue weighted by Gasteiger charge is -2.34. The van der Waals surface area contributed by atoms with Gasteiger partial charge in [-0.15, -0.1) is 11.3 Å². The van der Waals surface area contributed by atoms with Crippen LogP contribution in [-0.4, -0.2) is 50.7 Å². The van der Waals surface area contributed by atoms with Gasteiger partial charge in [0.15, 0.2) is 0 Å². The Bertz CT molecular complexity index is 542. The Morgan fingerprint density at radius 3 is 2.90 bits per heavy atom. The Morgan fingerprint density at radius 2 is 2.24 bits per heavy atom. The number of aryl methyl sites for hydroxylation is 1. The van der Waals surface area contributed by atoms with Crippen LogP contribution in [0.5, 0.6) is 0 Å². The SMILES string of the molecule is CCc1ccc(S(=O)(=O)NCCN2CCCC[C@H]2CO)s1. The quantitative estimate of drug-likeness (QED) is 0.793. The van der Waals surface area contributed by atoms with Gasteiger partial charge in [0.05, 0.1) is 6.61 Å². The van der Waals surface area contributed by atoms with Crippen LogP contribution in [0.1, 0.15) is 31.1 Å². The smallest absolute Gasteiger partial charge is 0.250 e. The van der Waals surface area contributed by atoms with Crippen molar-refractivity contribution in [2.45, 2.75) is 42.9 Å². The standard InChI is InChI=1S/C14H24N2O3S2/c1-2-13-6-7-14(20-13)21(18,19)15-8-10-16-9-4-3-5-12(16)11-17/h6-7,12,15,17H,2-5,8-11H2,1H3/t12-/m0/s1. The molecule has 0 aliphatic carbocycles. The third-order valence-electron chi connectivity index (χ3n) is 3.90. The number of nitrogens with zero attached hydrogens (tertiary/aromatic N) is 1. The maximum absolute atomic E-state index is 12.2. The van der Waals surface area contributed by atoms with Crippen molar-refractivity contribution in [1.82, 2.24) is 9.62 Å². The van der Waals surface area contributed by atoms with Crippen LogP contribution in [0.25, 0.3) is 0 Å². The first-order valence-electron chi connectivity index (χ1n) is 7.50. The molecule has 2 heterocycles. The molecule has 1 aliphatic rings. The summed E-state index contributed by atoms with van der Waals surface area (Å²) in [6.45, 7) is 4.14. The van der Waals surface area contributed by atoms with E-state index in [1.165, 1.54) is 11.3 Å². The van der Waals surface area contributed by atoms with Crippen molar-refractivity contribution in [2.75, 3.05) is 26.2 Å². The largest absolute Gasteiger partial charge is 0.395 e. The maximum atomic E-state index is 12.2. The molecule has 1 aromatic heterocycles. The van der Waals surface area contributed by atoms with Crippen LogP contribution in [0.4, 0.5) is 0 Å². The average molecular weight is 332 g/mol. The van der Waals surface area contributed by atoms with E-state index in [1.807, 2.05) is 13.0 Å². The van der Waals surface area contributed by atoms with E-state index in [-0.39, 0.29) is 12.6 Å². The van der Waals surface area contributed by atoms with E-state index >= 15 is 0 Å². The van der Waals surface area contributed by atoms with E-state index in [9.17, 15) is 13.5 Å². The summed E-state index contributed by atoms with van der Waals surface area (Å²) in [4.78, 5) is 3.25. The van der Waals surface area contributed by atoms with Crippen molar-refractivity contribution in [2.24, 2.45) is 0 Å². The van der Waals surface area contributed by atoms with Crippen LogP contribution >= 0.6 is 11.3 Å². The number of likely N-dealkylation sites (tertiary alicyclic amines) is 1. The van der Waals surface area contributed by atoms with Gasteiger partial charge in [0.25, 0.3) is 0 Å². The van der Waals surface area contributed by atoms with Gasteiger partial charge >= 0.3 is 0 Å². The van der Waals surface area contributed by atoms with Crippen molar-refractivity contribution in [3.05, 3.63) is 17.0 Å². The van der Waals surface area contributed by atoms with Crippen LogP contribution in [0.3, 0.4) is 0 Å². The summed E-state index contributed by atoms with van der Waals surface area (Å²) in [5, 5.41) is 9.35. The first kappa shape index (κ1) is 16.9. The summed E-state index contributed by atoms with van der Waals surface area (Å²) in [7, 11) is -3.40. The third kappa shape index (κ3) is 4.50. The first-order chi connectivity index (χ1) is 10.1. The molecule has 0 spiro atoms. The normalized spacial score (nSPS) is 20.8. The fraction of sp³-hybridized carbons (Fsp3) is 0.714. The number of hydrogen-bond acceptors (Lipinski definition) is 5. The zero-order valence-electron chi connectivity index (χ0n) is 12.4. The predicted octanol–water partition coefficient (Wildman–Crippen LogP) is 1.44. The zero-order chi connectivity index (χ0) is 15.3. The minimum absolute atomic E-state index is 0.150. The molecule has 1 aliphatic heterocycles. The molecule has 0 amide bonds. The predicted molar refractivity (Wildman–Crippen MR) is 85.2 cm³/mol. The van der Waals surface area contributed by atoms with Gasteiger partial charge < -0.3 is 5.11 Å². The van der Waals surface area contributed by atoms with E-state index in [0.717, 1.165) is 37.1 Å². The summed E-state index contributed by atoms with van der Waals surface area (Å²) in [5.74, 6) is 0. The van der Waals surface area contributed by atoms with Crippen LogP contribution in [0, 0.1) is 0 Å². The highest BCUT2D eigenvalue weighted by molar-refractivity contribution is 7.91. The van der Waals surface area contributed by atoms with Gasteiger partial charge in [0.2, 0.25) is 10.0 Å². The number of aliphatic hydroxyl groups is 1. The molecule has 21 heavy (non-hydrogen) atoms. The number of aliphatic hydroxyl groups excluding tert-OH is 1. The van der Waals surface area contributed by atoms with E-state index in [2.05, 4.69) is 9.62 Å². The fourth-order valence-electron chi connectivity index (χ4n) is 2.65. The van der Waals surface area contributed by atoms with Crippen molar-refractivity contribution < 1.29 is 13.5 Å². The lowest BCUT2D eigenvalue weighted by atomic mass is 10.0. The molecular weight excluding hydrogens is 308 g/mol. The highest BCUT2D eigenvalue weighted by atomic mass is 32.2. The molecule has 7 heteroatoms. The van der Waals surface area contributed by atoms with Crippen molar-refractivity contribution in [3.8, 4) is 0 Å². The summed E-state index contributed by atoms with van der Waals surface area (Å²) in [6, 6.07) is 3.71. The molecule has 1 atom stereocenters. The van der Waals surface area contributed by atoms with Gasteiger partial charge in [-0.1, -0.05) is 13.3 Å². The van der Waals surface area contributed by atoms with Gasteiger partial charge in [0.1, 0.15) is 4.21 Å². The number of piperidine rings is 1. The molecule has 0 saturated carbocycles. The van der Waals surface area contributed by atoms with Crippen molar-refractivity contribution >= 4 is 21.4 Å². The molecule has 0 radical (unpaired) electrons. The molecule has 0 unspecified atom stereocenters. The van der Waals surface area contributed by atoms with Gasteiger partial charge in [-0.25, -0.2) is 13.1 Å². The lowest BCUT2D eigenvalue weighted by molar-refractivity contribution is 0.0923. The molecule has 1 fully saturated rings. The highest BCUT2D eigenvalue weighted by Gasteiger charge is 2.22. The van der Waals surface area contributed by atoms with E-state index in [4.69, 9.17) is 0 Å². The summed E-state index contributed by atoms with van der Waals surface area (Å²) in [5.41, 5.74) is 0. The van der Waals surface area contributed by atoms with Crippen LogP contribution in [0.15, 0.2) is 16.3 Å². The second-order valence-electron chi connectivity index (χ2n) is 5.34. The molecule has 1 aromatic rings. The number of nitrogens with one attached hydrogen (secondary N) is 1. The van der Waals surface area contributed by atoms with Gasteiger partial charge in [-0.2, -0.15) is 0 Å². The summed E-state index contributed by atoms with van der Waals surface area (Å²) in [6.07, 6.45) is 4.11. The minimum Gasteiger partial charge on any atom is -0.395 e. The van der Waals surface area contributed by atoms with Crippen LogP contribution < -0.4 is 4.72 Å². The second kappa shape index (κ2) is 7.69. The average Bonchev–Trinajstić information content (AvgIpc) is 2.97. The lowest BCUT2D eigenvalue weighted by Crippen LogP contribution is -2.45. The first-order valence-corrected chi connectivity index (χ1v) is 9.80. The van der Waals surface area contributed by atoms with Gasteiger partial charge in [0, 0.05) is 24.0 Å². The molecular formula is C14H24N2O3S2. The number of thiophene rings is 1. The Hall–Kier alpha value is -0.470. The van der Waals surface area contributed by atoms with Crippen LogP contribution in [0.2, 0.25) is 0 Å². The Balaban J connectivity index is 1.86. The molecule has 2 N–H and O–H groups in total. The Kier molecular flexibility index (Phi) is 6.19. The highest BCUT2D eigenvalue weighted by Crippen LogP contribution is 2.21. The maximum Gasteiger partial charge on any atom is 0.250 e. The monoisotopic (exact) mass is 332 g/mol. The topological polar surface area (TPSA) is 69.6 Å². The van der Waals surface area contributed by atoms with Crippen molar-refractivity contribution in [1.29, 1.82) is 0 Å². The van der Waals surface area contributed by atoms with E-state index in [0.29, 0.717) is 17.3 Å². The third-order valence-corrected chi connectivity index (χ3v) is 7.08. The van der Waals surface area contributed by atoms with E-state index < -0.39 is 10.0 Å². The second-order valence-corrected chi connectivity index (χ2v) is 8.50. The molecule has 0 bridgehead atoms. The molecule has 0 aromatic carbocycles. The fourth-order valence-corrected chi connectivity index (χ4v) is 5.01. The summed E-state index contributed by atoms with van der Waals surface area (Å²) >= 11 is 1.33. The zero-order valence-corrected chi connectivity index (χ0v) is 14.0. The molecule has 5 nitrogen and oxygen atoms in total. The minimum atomic E-state index is -3.40. The molecule has 2 rings (SSSR count). The number of rotatable bonds is 7. The van der Waals surface area contributed by atoms with E-state index in [1.54, 1.807) is 6.07 Å². The number of hydrogen-bond donors (Lipinski definition) is 2. The van der Waals surface area contributed by atoms with Crippen molar-refractivity contribution in [3.63, 3.8) is 0 Å². The van der Waals surface area contributed by atoms with Gasteiger partial charge in [-0.3, -0.25) is 4.90 Å². The molecule has 1 saturated heterocycles. The summed E-state index contributed by atoms with van der Waals surface area (Å²) < 4.78 is 27.4. The van der Waals surface area contributed by atoms with Gasteiger partial charge in [-0.05, 0) is 37.9 Å². The Morgan fingerprint density at radius 1 is 1.43 bits per heavy atom. The van der Waals surface area contributed by atoms with Crippen LogP contribution in [-0.2, 0) is 16.4 Å². The number of sulfonamides is 1. The molecule has 120 valence electrons. The Labute approximate surface area is 131 Å².